The highest BCUT2D eigenvalue weighted by Gasteiger charge is 2.28. The molecule has 2 unspecified atom stereocenters. The van der Waals surface area contributed by atoms with Gasteiger partial charge in [-0.2, -0.15) is 11.8 Å². The molecule has 0 saturated heterocycles. The second-order valence-corrected chi connectivity index (χ2v) is 14.5. The Labute approximate surface area is 318 Å². The van der Waals surface area contributed by atoms with E-state index in [1.807, 2.05) is 60.0 Å². The molecule has 1 rings (SSSR count). The quantitative estimate of drug-likeness (QED) is 0.0517. The van der Waals surface area contributed by atoms with Gasteiger partial charge in [-0.25, -0.2) is 4.79 Å². The number of alkyl carbamates (subject to hydrolysis) is 1. The van der Waals surface area contributed by atoms with Crippen LogP contribution >= 0.6 is 11.8 Å². The van der Waals surface area contributed by atoms with Crippen molar-refractivity contribution in [3.05, 3.63) is 55.4 Å². The van der Waals surface area contributed by atoms with Crippen LogP contribution < -0.4 is 21.3 Å². The van der Waals surface area contributed by atoms with Gasteiger partial charge in [-0.05, 0) is 87.7 Å². The third kappa shape index (κ3) is 21.2. The zero-order valence-electron chi connectivity index (χ0n) is 33.1. The molecule has 7 atom stereocenters. The Morgan fingerprint density at radius 1 is 0.923 bits per heavy atom. The number of aliphatic hydroxyl groups is 1. The first-order valence-corrected chi connectivity index (χ1v) is 20.4. The van der Waals surface area contributed by atoms with Crippen molar-refractivity contribution in [3.8, 4) is 0 Å². The van der Waals surface area contributed by atoms with Crippen LogP contribution in [-0.4, -0.2) is 76.2 Å². The van der Waals surface area contributed by atoms with E-state index in [1.165, 1.54) is 0 Å². The van der Waals surface area contributed by atoms with Crippen molar-refractivity contribution >= 4 is 35.6 Å². The number of carbonyl (C=O) groups is 4. The standard InChI is InChI=1S/C38H63N5O6S.C2H6/c1-9-12-13-16-33(27(6)10-2)42-36(46)32(11-3)41-35(45)28(7)17-18-31(44)23-30(22-26(4)5)40-37(47)34(19-21-50-8)43-38(48)49-25-29-15-14-20-39-24-29;1-2/h9-10,14-15,20,24,26-28,30-34,44H,1-2,11-13,16-19,21-23,25H2,3-8H3,(H,40,47)(H,41,45)(H,42,46)(H,43,48);1-2H3/t27?,28-,30+,31+,32+,33?,34+;/m1./s1. The molecule has 0 aliphatic carbocycles. The van der Waals surface area contributed by atoms with Gasteiger partial charge in [0.15, 0.2) is 0 Å². The van der Waals surface area contributed by atoms with E-state index in [4.69, 9.17) is 4.74 Å². The van der Waals surface area contributed by atoms with Crippen LogP contribution in [0.4, 0.5) is 4.79 Å². The van der Waals surface area contributed by atoms with Gasteiger partial charge in [0.25, 0.3) is 0 Å². The molecule has 1 aromatic rings. The predicted molar refractivity (Wildman–Crippen MR) is 214 cm³/mol. The summed E-state index contributed by atoms with van der Waals surface area (Å²) in [7, 11) is 0. The minimum atomic E-state index is -0.800. The first kappa shape index (κ1) is 48.6. The van der Waals surface area contributed by atoms with Gasteiger partial charge >= 0.3 is 6.09 Å². The fourth-order valence-electron chi connectivity index (χ4n) is 5.49. The lowest BCUT2D eigenvalue weighted by molar-refractivity contribution is -0.131. The van der Waals surface area contributed by atoms with E-state index in [-0.39, 0.29) is 48.2 Å². The summed E-state index contributed by atoms with van der Waals surface area (Å²) in [6.45, 7) is 21.4. The Bertz CT molecular complexity index is 1170. The lowest BCUT2D eigenvalue weighted by Gasteiger charge is -2.27. The van der Waals surface area contributed by atoms with Crippen LogP contribution in [0.15, 0.2) is 49.8 Å². The number of allylic oxidation sites excluding steroid dienone is 1. The largest absolute Gasteiger partial charge is 0.445 e. The van der Waals surface area contributed by atoms with Gasteiger partial charge in [0.05, 0.1) is 6.10 Å². The van der Waals surface area contributed by atoms with E-state index in [0.29, 0.717) is 44.3 Å². The molecule has 1 aromatic heterocycles. The average molecular weight is 748 g/mol. The number of nitrogens with one attached hydrogen (secondary N) is 4. The summed E-state index contributed by atoms with van der Waals surface area (Å²) in [5, 5.41) is 22.7. The molecule has 0 spiro atoms. The first-order chi connectivity index (χ1) is 24.8. The minimum absolute atomic E-state index is 0.0351. The number of thioether (sulfide) groups is 1. The molecule has 11 nitrogen and oxygen atoms in total. The van der Waals surface area contributed by atoms with Crippen LogP contribution in [-0.2, 0) is 25.7 Å². The van der Waals surface area contributed by atoms with E-state index < -0.39 is 30.2 Å². The van der Waals surface area contributed by atoms with Crippen molar-refractivity contribution in [1.29, 1.82) is 0 Å². The molecule has 0 saturated carbocycles. The zero-order chi connectivity index (χ0) is 39.5. The van der Waals surface area contributed by atoms with Crippen LogP contribution in [0.3, 0.4) is 0 Å². The third-order valence-electron chi connectivity index (χ3n) is 8.65. The Hall–Kier alpha value is -3.38. The molecule has 0 aliphatic rings. The predicted octanol–water partition coefficient (Wildman–Crippen LogP) is 6.71. The maximum Gasteiger partial charge on any atom is 0.408 e. The average Bonchev–Trinajstić information content (AvgIpc) is 3.13. The van der Waals surface area contributed by atoms with E-state index in [2.05, 4.69) is 39.4 Å². The summed E-state index contributed by atoms with van der Waals surface area (Å²) < 4.78 is 5.31. The van der Waals surface area contributed by atoms with Gasteiger partial charge in [-0.15, -0.1) is 13.2 Å². The van der Waals surface area contributed by atoms with Crippen molar-refractivity contribution in [2.45, 2.75) is 143 Å². The number of hydrogen-bond donors (Lipinski definition) is 5. The number of amides is 4. The van der Waals surface area contributed by atoms with Crippen molar-refractivity contribution in [1.82, 2.24) is 26.3 Å². The Morgan fingerprint density at radius 3 is 2.19 bits per heavy atom. The molecule has 296 valence electrons. The molecule has 5 N–H and O–H groups in total. The van der Waals surface area contributed by atoms with Crippen molar-refractivity contribution < 1.29 is 29.0 Å². The second-order valence-electron chi connectivity index (χ2n) is 13.5. The molecule has 0 aromatic carbocycles. The highest BCUT2D eigenvalue weighted by molar-refractivity contribution is 7.98. The van der Waals surface area contributed by atoms with E-state index in [0.717, 1.165) is 24.8 Å². The van der Waals surface area contributed by atoms with E-state index in [1.54, 1.807) is 43.2 Å². The smallest absolute Gasteiger partial charge is 0.408 e. The first-order valence-electron chi connectivity index (χ1n) is 19.0. The SMILES string of the molecule is C=CCCCC(NC(=O)[C@H](CC)NC(=O)[C@H](C)CC[C@H](O)C[C@H](CC(C)C)NC(=O)[C@H](CCSC)NC(=O)OCc1cccnc1)C(C)C=C.CC. The van der Waals surface area contributed by atoms with E-state index in [9.17, 15) is 24.3 Å². The highest BCUT2D eigenvalue weighted by Crippen LogP contribution is 2.18. The topological polar surface area (TPSA) is 159 Å². The molecule has 0 radical (unpaired) electrons. The number of unbranched alkanes of at least 4 members (excludes halogenated alkanes) is 1. The Kier molecular flexibility index (Phi) is 27.2. The van der Waals surface area contributed by atoms with Gasteiger partial charge < -0.3 is 31.1 Å². The van der Waals surface area contributed by atoms with Gasteiger partial charge in [-0.1, -0.05) is 66.7 Å². The summed E-state index contributed by atoms with van der Waals surface area (Å²) in [4.78, 5) is 56.2. The molecule has 4 amide bonds. The van der Waals surface area contributed by atoms with Crippen LogP contribution in [0, 0.1) is 17.8 Å². The van der Waals surface area contributed by atoms with Crippen LogP contribution in [0.2, 0.25) is 0 Å². The molecular weight excluding hydrogens is 679 g/mol. The summed E-state index contributed by atoms with van der Waals surface area (Å²) >= 11 is 1.57. The lowest BCUT2D eigenvalue weighted by atomic mass is 9.94. The fraction of sp³-hybridized carbons (Fsp3) is 0.675. The molecule has 0 bridgehead atoms. The number of ether oxygens (including phenoxy) is 1. The summed E-state index contributed by atoms with van der Waals surface area (Å²) in [6, 6.07) is 1.66. The van der Waals surface area contributed by atoms with Crippen molar-refractivity contribution in [2.75, 3.05) is 12.0 Å². The van der Waals surface area contributed by atoms with Crippen molar-refractivity contribution in [2.24, 2.45) is 17.8 Å². The van der Waals surface area contributed by atoms with Gasteiger partial charge in [0, 0.05) is 36.0 Å². The maximum absolute atomic E-state index is 13.4. The molecule has 12 heteroatoms. The number of pyridine rings is 1. The maximum atomic E-state index is 13.4. The molecule has 0 aliphatic heterocycles. The van der Waals surface area contributed by atoms with Crippen LogP contribution in [0.1, 0.15) is 112 Å². The number of hydrogen-bond acceptors (Lipinski definition) is 8. The van der Waals surface area contributed by atoms with Gasteiger partial charge in [0.2, 0.25) is 17.7 Å². The lowest BCUT2D eigenvalue weighted by Crippen LogP contribution is -2.51. The molecular formula is C40H69N5O6S. The molecule has 0 fully saturated rings. The number of carbonyl (C=O) groups excluding carboxylic acids is 4. The minimum Gasteiger partial charge on any atom is -0.445 e. The Morgan fingerprint density at radius 2 is 1.62 bits per heavy atom. The second kappa shape index (κ2) is 29.1. The number of aromatic nitrogens is 1. The summed E-state index contributed by atoms with van der Waals surface area (Å²) in [6.07, 6.45) is 12.5. The summed E-state index contributed by atoms with van der Waals surface area (Å²) in [5.74, 6) is -0.251. The Balaban J connectivity index is 0.0000128. The van der Waals surface area contributed by atoms with Crippen LogP contribution in [0.25, 0.3) is 0 Å². The van der Waals surface area contributed by atoms with Gasteiger partial charge in [0.1, 0.15) is 18.7 Å². The van der Waals surface area contributed by atoms with E-state index >= 15 is 0 Å². The summed E-state index contributed by atoms with van der Waals surface area (Å²) in [5.41, 5.74) is 0.735. The van der Waals surface area contributed by atoms with Gasteiger partial charge in [-0.3, -0.25) is 19.4 Å². The number of aliphatic hydroxyl groups excluding tert-OH is 1. The highest BCUT2D eigenvalue weighted by atomic mass is 32.2. The zero-order valence-corrected chi connectivity index (χ0v) is 33.9. The van der Waals surface area contributed by atoms with Crippen LogP contribution in [0.5, 0.6) is 0 Å². The fourth-order valence-corrected chi connectivity index (χ4v) is 5.96. The normalized spacial score (nSPS) is 14.9. The number of nitrogens with zero attached hydrogens (tertiary/aromatic N) is 1. The monoisotopic (exact) mass is 747 g/mol. The van der Waals surface area contributed by atoms with Crippen molar-refractivity contribution in [3.63, 3.8) is 0 Å². The number of rotatable bonds is 26. The molecule has 1 heterocycles. The molecule has 52 heavy (non-hydrogen) atoms. The third-order valence-corrected chi connectivity index (χ3v) is 9.29.